The van der Waals surface area contributed by atoms with Gasteiger partial charge in [-0.3, -0.25) is 20.4 Å². The zero-order valence-electron chi connectivity index (χ0n) is 21.6. The summed E-state index contributed by atoms with van der Waals surface area (Å²) in [5.41, 5.74) is 9.77. The summed E-state index contributed by atoms with van der Waals surface area (Å²) in [6.45, 7) is 0.424. The number of aromatic nitrogens is 2. The van der Waals surface area contributed by atoms with Crippen molar-refractivity contribution in [2.75, 3.05) is 27.7 Å². The lowest BCUT2D eigenvalue weighted by molar-refractivity contribution is -0.873. The molecule has 0 aliphatic rings. The average molecular weight is 534 g/mol. The highest BCUT2D eigenvalue weighted by atomic mass is 35.5. The van der Waals surface area contributed by atoms with E-state index in [1.165, 1.54) is 0 Å². The Bertz CT molecular complexity index is 1290. The molecule has 38 heavy (non-hydrogen) atoms. The number of carbonyl (C=O) groups is 2. The minimum atomic E-state index is -0.800. The number of hydrogen-bond donors (Lipinski definition) is 4. The van der Waals surface area contributed by atoms with Crippen molar-refractivity contribution in [2.24, 2.45) is 0 Å². The van der Waals surface area contributed by atoms with Gasteiger partial charge in [0.15, 0.2) is 0 Å². The summed E-state index contributed by atoms with van der Waals surface area (Å²) in [6.07, 6.45) is -0.896. The number of aliphatic hydroxyl groups is 1. The van der Waals surface area contributed by atoms with Crippen LogP contribution in [0.25, 0.3) is 33.9 Å². The predicted octanol–water partition coefficient (Wildman–Crippen LogP) is 0.633. The molecule has 0 saturated heterocycles. The van der Waals surface area contributed by atoms with Crippen molar-refractivity contribution in [1.82, 2.24) is 20.8 Å². The van der Waals surface area contributed by atoms with Crippen molar-refractivity contribution in [2.45, 2.75) is 12.5 Å². The van der Waals surface area contributed by atoms with Crippen LogP contribution in [0.4, 0.5) is 0 Å². The van der Waals surface area contributed by atoms with Gasteiger partial charge in [0.2, 0.25) is 5.91 Å². The summed E-state index contributed by atoms with van der Waals surface area (Å²) in [7, 11) is 5.79. The Hall–Kier alpha value is -3.98. The Labute approximate surface area is 228 Å². The summed E-state index contributed by atoms with van der Waals surface area (Å²) in [6, 6.07) is 27.0. The number of imidazole rings is 1. The Balaban J connectivity index is 0.00000400. The monoisotopic (exact) mass is 533 g/mol. The number of rotatable bonds is 8. The molecule has 0 spiro atoms. The fraction of sp³-hybridized carbons (Fsp3) is 0.207. The molecule has 1 unspecified atom stereocenters. The molecule has 1 atom stereocenters. The van der Waals surface area contributed by atoms with Gasteiger partial charge in [-0.05, 0) is 12.1 Å². The predicted molar refractivity (Wildman–Crippen MR) is 144 cm³/mol. The van der Waals surface area contributed by atoms with Gasteiger partial charge in [-0.1, -0.05) is 72.8 Å². The van der Waals surface area contributed by atoms with E-state index >= 15 is 0 Å². The number of nitrogens with zero attached hydrogens (tertiary/aromatic N) is 2. The van der Waals surface area contributed by atoms with E-state index < -0.39 is 17.9 Å². The van der Waals surface area contributed by atoms with Crippen LogP contribution in [0.5, 0.6) is 0 Å². The van der Waals surface area contributed by atoms with Crippen molar-refractivity contribution in [3.05, 3.63) is 90.5 Å². The molecule has 198 valence electrons. The zero-order chi connectivity index (χ0) is 26.4. The molecule has 4 rings (SSSR count). The fourth-order valence-corrected chi connectivity index (χ4v) is 4.07. The Morgan fingerprint density at radius 3 is 2.00 bits per heavy atom. The fourth-order valence-electron chi connectivity index (χ4n) is 4.07. The highest BCUT2D eigenvalue weighted by Gasteiger charge is 2.19. The van der Waals surface area contributed by atoms with Crippen molar-refractivity contribution >= 4 is 11.8 Å². The van der Waals surface area contributed by atoms with Gasteiger partial charge in [0, 0.05) is 22.3 Å². The SMILES string of the molecule is C[N+](C)(C)CC(O)CC(=O)NNC(=O)c1ccc(-c2nc(-c3ccccc3)c(-c3ccccc3)[nH]2)cc1.[Cl-]. The average Bonchev–Trinajstić information content (AvgIpc) is 3.33. The number of hydrazine groups is 1. The lowest BCUT2D eigenvalue weighted by Crippen LogP contribution is -3.00. The van der Waals surface area contributed by atoms with Crippen LogP contribution in [0.15, 0.2) is 84.9 Å². The van der Waals surface area contributed by atoms with Gasteiger partial charge in [-0.25, -0.2) is 4.98 Å². The van der Waals surface area contributed by atoms with Gasteiger partial charge in [0.1, 0.15) is 18.5 Å². The van der Waals surface area contributed by atoms with Crippen LogP contribution in [-0.4, -0.2) is 65.2 Å². The summed E-state index contributed by atoms with van der Waals surface area (Å²) in [4.78, 5) is 32.9. The molecule has 0 fully saturated rings. The standard InChI is InChI=1S/C29H31N5O3.ClH/c1-34(2,3)19-24(35)18-25(36)32-33-29(37)23-16-14-22(15-17-23)28-30-26(20-10-6-4-7-11-20)27(31-28)21-12-8-5-9-13-21;/h4-17,24,35H,18-19H2,1-3H3,(H2-,30,31,32,33,36,37);1H. The molecule has 0 radical (unpaired) electrons. The molecule has 0 aliphatic heterocycles. The number of aliphatic hydroxyl groups excluding tert-OH is 1. The van der Waals surface area contributed by atoms with Gasteiger partial charge in [0.25, 0.3) is 5.91 Å². The summed E-state index contributed by atoms with van der Waals surface area (Å²) < 4.78 is 0.530. The lowest BCUT2D eigenvalue weighted by Gasteiger charge is -2.26. The highest BCUT2D eigenvalue weighted by molar-refractivity contribution is 5.95. The number of hydrogen-bond acceptors (Lipinski definition) is 4. The van der Waals surface area contributed by atoms with Gasteiger partial charge in [-0.15, -0.1) is 0 Å². The first-order valence-corrected chi connectivity index (χ1v) is 12.1. The third-order valence-electron chi connectivity index (χ3n) is 5.73. The molecule has 1 aromatic heterocycles. The molecule has 0 bridgehead atoms. The molecule has 3 aromatic carbocycles. The first kappa shape index (κ1) is 28.6. The number of likely N-dealkylation sites (N-methyl/N-ethyl adjacent to an activating group) is 1. The van der Waals surface area contributed by atoms with E-state index in [-0.39, 0.29) is 18.8 Å². The molecule has 9 heteroatoms. The van der Waals surface area contributed by atoms with E-state index in [1.54, 1.807) is 12.1 Å². The topological polar surface area (TPSA) is 107 Å². The van der Waals surface area contributed by atoms with E-state index in [9.17, 15) is 14.7 Å². The second kappa shape index (κ2) is 12.5. The first-order chi connectivity index (χ1) is 17.7. The second-order valence-electron chi connectivity index (χ2n) is 9.95. The number of carbonyl (C=O) groups excluding carboxylic acids is 2. The van der Waals surface area contributed by atoms with Crippen LogP contribution in [0.1, 0.15) is 16.8 Å². The van der Waals surface area contributed by atoms with E-state index in [0.29, 0.717) is 22.4 Å². The number of benzene rings is 3. The lowest BCUT2D eigenvalue weighted by atomic mass is 10.1. The maximum Gasteiger partial charge on any atom is 0.269 e. The first-order valence-electron chi connectivity index (χ1n) is 12.1. The number of nitrogens with one attached hydrogen (secondary N) is 3. The smallest absolute Gasteiger partial charge is 0.269 e. The molecule has 2 amide bonds. The van der Waals surface area contributed by atoms with Gasteiger partial charge < -0.3 is 27.0 Å². The number of halogens is 1. The summed E-state index contributed by atoms with van der Waals surface area (Å²) in [5.74, 6) is -0.219. The van der Waals surface area contributed by atoms with Gasteiger partial charge in [0.05, 0.1) is 39.0 Å². The van der Waals surface area contributed by atoms with Crippen LogP contribution in [0, 0.1) is 0 Å². The van der Waals surface area contributed by atoms with Crippen LogP contribution in [-0.2, 0) is 4.79 Å². The highest BCUT2D eigenvalue weighted by Crippen LogP contribution is 2.32. The van der Waals surface area contributed by atoms with E-state index in [2.05, 4.69) is 15.8 Å². The van der Waals surface area contributed by atoms with E-state index in [0.717, 1.165) is 28.1 Å². The largest absolute Gasteiger partial charge is 1.00 e. The number of amides is 2. The molecular weight excluding hydrogens is 502 g/mol. The third kappa shape index (κ3) is 7.52. The second-order valence-corrected chi connectivity index (χ2v) is 9.95. The van der Waals surface area contributed by atoms with E-state index in [4.69, 9.17) is 4.98 Å². The van der Waals surface area contributed by atoms with Crippen LogP contribution in [0.3, 0.4) is 0 Å². The number of quaternary nitrogens is 1. The Kier molecular flexibility index (Phi) is 9.41. The normalized spacial score (nSPS) is 11.8. The number of H-pyrrole nitrogens is 1. The Morgan fingerprint density at radius 2 is 1.42 bits per heavy atom. The van der Waals surface area contributed by atoms with Crippen LogP contribution >= 0.6 is 0 Å². The minimum absolute atomic E-state index is 0. The molecular formula is C29H32ClN5O3. The molecule has 4 N–H and O–H groups in total. The van der Waals surface area contributed by atoms with Crippen LogP contribution < -0.4 is 23.3 Å². The number of aromatic amines is 1. The van der Waals surface area contributed by atoms with Crippen LogP contribution in [0.2, 0.25) is 0 Å². The van der Waals surface area contributed by atoms with E-state index in [1.807, 2.05) is 93.9 Å². The molecule has 1 heterocycles. The van der Waals surface area contributed by atoms with Crippen molar-refractivity contribution in [3.63, 3.8) is 0 Å². The maximum atomic E-state index is 12.5. The Morgan fingerprint density at radius 1 is 0.842 bits per heavy atom. The van der Waals surface area contributed by atoms with Gasteiger partial charge >= 0.3 is 0 Å². The molecule has 8 nitrogen and oxygen atoms in total. The quantitative estimate of drug-likeness (QED) is 0.197. The third-order valence-corrected chi connectivity index (χ3v) is 5.73. The minimum Gasteiger partial charge on any atom is -1.00 e. The summed E-state index contributed by atoms with van der Waals surface area (Å²) >= 11 is 0. The van der Waals surface area contributed by atoms with Gasteiger partial charge in [-0.2, -0.15) is 0 Å². The summed E-state index contributed by atoms with van der Waals surface area (Å²) in [5, 5.41) is 10.0. The van der Waals surface area contributed by atoms with Crippen molar-refractivity contribution < 1.29 is 31.6 Å². The maximum absolute atomic E-state index is 12.5. The molecule has 4 aromatic rings. The van der Waals surface area contributed by atoms with Crippen molar-refractivity contribution in [1.29, 1.82) is 0 Å². The molecule has 0 aliphatic carbocycles. The van der Waals surface area contributed by atoms with Crippen molar-refractivity contribution in [3.8, 4) is 33.9 Å². The zero-order valence-corrected chi connectivity index (χ0v) is 22.4. The molecule has 0 saturated carbocycles.